The van der Waals surface area contributed by atoms with Crippen LogP contribution in [0.15, 0.2) is 30.3 Å². The Morgan fingerprint density at radius 2 is 2.25 bits per heavy atom. The molecule has 2 aromatic rings. The molecule has 106 valence electrons. The molecule has 0 saturated carbocycles. The van der Waals surface area contributed by atoms with Gasteiger partial charge in [-0.2, -0.15) is 0 Å². The number of rotatable bonds is 4. The summed E-state index contributed by atoms with van der Waals surface area (Å²) in [5.41, 5.74) is 3.43. The van der Waals surface area contributed by atoms with Gasteiger partial charge in [-0.15, -0.1) is 0 Å². The van der Waals surface area contributed by atoms with Gasteiger partial charge in [0.05, 0.1) is 17.3 Å². The fourth-order valence-corrected chi connectivity index (χ4v) is 2.88. The summed E-state index contributed by atoms with van der Waals surface area (Å²) in [5, 5.41) is 4.41. The van der Waals surface area contributed by atoms with Gasteiger partial charge in [-0.05, 0) is 25.6 Å². The third-order valence-electron chi connectivity index (χ3n) is 3.92. The summed E-state index contributed by atoms with van der Waals surface area (Å²) in [7, 11) is 3.75. The Morgan fingerprint density at radius 1 is 1.40 bits per heavy atom. The topological polar surface area (TPSA) is 37.4 Å². The summed E-state index contributed by atoms with van der Waals surface area (Å²) >= 11 is 0. The quantitative estimate of drug-likeness (QED) is 0.925. The minimum absolute atomic E-state index is 0.342. The van der Waals surface area contributed by atoms with Crippen LogP contribution in [0.5, 0.6) is 0 Å². The summed E-state index contributed by atoms with van der Waals surface area (Å²) in [6.45, 7) is 2.80. The summed E-state index contributed by atoms with van der Waals surface area (Å²) < 4.78 is 5.48. The van der Waals surface area contributed by atoms with Crippen LogP contribution in [0.4, 0.5) is 5.69 Å². The molecule has 0 amide bonds. The number of aromatic nitrogens is 1. The molecular formula is C16H21N3O. The van der Waals surface area contributed by atoms with Crippen LogP contribution < -0.4 is 10.2 Å². The number of methoxy groups -OCH3 is 1. The summed E-state index contributed by atoms with van der Waals surface area (Å²) in [5.74, 6) is 0. The van der Waals surface area contributed by atoms with Gasteiger partial charge in [-0.3, -0.25) is 4.98 Å². The van der Waals surface area contributed by atoms with Crippen LogP contribution >= 0.6 is 0 Å². The highest BCUT2D eigenvalue weighted by atomic mass is 16.5. The molecule has 1 aliphatic rings. The first-order valence-corrected chi connectivity index (χ1v) is 7.13. The number of hydrogen-bond donors (Lipinski definition) is 1. The van der Waals surface area contributed by atoms with Crippen LogP contribution in [-0.2, 0) is 11.3 Å². The van der Waals surface area contributed by atoms with E-state index in [1.807, 2.05) is 13.1 Å². The lowest BCUT2D eigenvalue weighted by Gasteiger charge is -2.21. The first-order valence-electron chi connectivity index (χ1n) is 7.13. The van der Waals surface area contributed by atoms with Crippen molar-refractivity contribution in [3.05, 3.63) is 36.0 Å². The molecule has 1 N–H and O–H groups in total. The van der Waals surface area contributed by atoms with Crippen molar-refractivity contribution < 1.29 is 4.74 Å². The van der Waals surface area contributed by atoms with Crippen LogP contribution in [0.1, 0.15) is 12.1 Å². The average molecular weight is 271 g/mol. The summed E-state index contributed by atoms with van der Waals surface area (Å²) in [6, 6.07) is 10.6. The number of ether oxygens (including phenoxy) is 1. The van der Waals surface area contributed by atoms with Crippen LogP contribution in [-0.4, -0.2) is 38.3 Å². The van der Waals surface area contributed by atoms with E-state index < -0.39 is 0 Å². The van der Waals surface area contributed by atoms with Gasteiger partial charge in [0.25, 0.3) is 0 Å². The molecule has 2 heterocycles. The summed E-state index contributed by atoms with van der Waals surface area (Å²) in [4.78, 5) is 7.13. The number of anilines is 1. The minimum Gasteiger partial charge on any atom is -0.380 e. The van der Waals surface area contributed by atoms with Gasteiger partial charge in [0, 0.05) is 37.8 Å². The number of para-hydroxylation sites is 1. The van der Waals surface area contributed by atoms with Gasteiger partial charge < -0.3 is 15.0 Å². The number of nitrogens with one attached hydrogen (secondary N) is 1. The Bertz CT molecular complexity index is 599. The second-order valence-corrected chi connectivity index (χ2v) is 5.27. The molecule has 0 spiro atoms. The van der Waals surface area contributed by atoms with E-state index >= 15 is 0 Å². The van der Waals surface area contributed by atoms with E-state index in [1.54, 1.807) is 7.11 Å². The second kappa shape index (κ2) is 5.77. The number of pyridine rings is 1. The first kappa shape index (κ1) is 13.3. The van der Waals surface area contributed by atoms with Crippen molar-refractivity contribution in [3.8, 4) is 0 Å². The molecule has 1 fully saturated rings. The number of fused-ring (bicyclic) bond motifs is 1. The fraction of sp³-hybridized carbons (Fsp3) is 0.438. The molecule has 1 aromatic carbocycles. The SMILES string of the molecule is CNCc1cc(N2CCC(OC)C2)c2ccccc2n1. The lowest BCUT2D eigenvalue weighted by molar-refractivity contribution is 0.121. The van der Waals surface area contributed by atoms with Gasteiger partial charge >= 0.3 is 0 Å². The average Bonchev–Trinajstić information content (AvgIpc) is 2.95. The van der Waals surface area contributed by atoms with Crippen LogP contribution in [0.3, 0.4) is 0 Å². The minimum atomic E-state index is 0.342. The maximum atomic E-state index is 5.48. The molecule has 0 bridgehead atoms. The Kier molecular flexibility index (Phi) is 3.85. The highest BCUT2D eigenvalue weighted by Crippen LogP contribution is 2.30. The normalized spacial score (nSPS) is 18.9. The van der Waals surface area contributed by atoms with Crippen LogP contribution in [0.2, 0.25) is 0 Å². The zero-order valence-electron chi connectivity index (χ0n) is 12.1. The fourth-order valence-electron chi connectivity index (χ4n) is 2.88. The van der Waals surface area contributed by atoms with E-state index in [2.05, 4.69) is 34.5 Å². The molecule has 20 heavy (non-hydrogen) atoms. The standard InChI is InChI=1S/C16H21N3O/c1-17-10-12-9-16(19-8-7-13(11-19)20-2)14-5-3-4-6-15(14)18-12/h3-6,9,13,17H,7-8,10-11H2,1-2H3. The van der Waals surface area contributed by atoms with Gasteiger partial charge in [-0.25, -0.2) is 0 Å². The van der Waals surface area contributed by atoms with Crippen molar-refractivity contribution >= 4 is 16.6 Å². The number of benzene rings is 1. The molecular weight excluding hydrogens is 250 g/mol. The third kappa shape index (κ3) is 2.49. The molecule has 0 aliphatic carbocycles. The van der Waals surface area contributed by atoms with Gasteiger partial charge in [-0.1, -0.05) is 18.2 Å². The molecule has 1 aromatic heterocycles. The lowest BCUT2D eigenvalue weighted by atomic mass is 10.1. The molecule has 0 radical (unpaired) electrons. The van der Waals surface area contributed by atoms with Crippen molar-refractivity contribution in [1.82, 2.24) is 10.3 Å². The Labute approximate surface area is 119 Å². The zero-order chi connectivity index (χ0) is 13.9. The Morgan fingerprint density at radius 3 is 3.00 bits per heavy atom. The Hall–Kier alpha value is -1.65. The number of hydrogen-bond acceptors (Lipinski definition) is 4. The van der Waals surface area contributed by atoms with Crippen molar-refractivity contribution in [2.75, 3.05) is 32.1 Å². The van der Waals surface area contributed by atoms with E-state index in [0.717, 1.165) is 37.3 Å². The first-order chi connectivity index (χ1) is 9.81. The largest absolute Gasteiger partial charge is 0.380 e. The van der Waals surface area contributed by atoms with E-state index in [1.165, 1.54) is 11.1 Å². The smallest absolute Gasteiger partial charge is 0.0762 e. The Balaban J connectivity index is 2.03. The van der Waals surface area contributed by atoms with E-state index in [9.17, 15) is 0 Å². The summed E-state index contributed by atoms with van der Waals surface area (Å²) in [6.07, 6.45) is 1.43. The van der Waals surface area contributed by atoms with Gasteiger partial charge in [0.15, 0.2) is 0 Å². The maximum Gasteiger partial charge on any atom is 0.0762 e. The predicted molar refractivity (Wildman–Crippen MR) is 82.1 cm³/mol. The van der Waals surface area contributed by atoms with E-state index in [4.69, 9.17) is 9.72 Å². The van der Waals surface area contributed by atoms with Crippen molar-refractivity contribution in [1.29, 1.82) is 0 Å². The molecule has 4 heteroatoms. The maximum absolute atomic E-state index is 5.48. The monoisotopic (exact) mass is 271 g/mol. The predicted octanol–water partition coefficient (Wildman–Crippen LogP) is 2.18. The molecule has 1 atom stereocenters. The highest BCUT2D eigenvalue weighted by Gasteiger charge is 2.24. The number of nitrogens with zero attached hydrogens (tertiary/aromatic N) is 2. The molecule has 4 nitrogen and oxygen atoms in total. The highest BCUT2D eigenvalue weighted by molar-refractivity contribution is 5.92. The van der Waals surface area contributed by atoms with Crippen molar-refractivity contribution in [3.63, 3.8) is 0 Å². The van der Waals surface area contributed by atoms with Gasteiger partial charge in [0.2, 0.25) is 0 Å². The zero-order valence-corrected chi connectivity index (χ0v) is 12.1. The molecule has 1 saturated heterocycles. The van der Waals surface area contributed by atoms with Crippen molar-refractivity contribution in [2.45, 2.75) is 19.1 Å². The third-order valence-corrected chi connectivity index (χ3v) is 3.92. The van der Waals surface area contributed by atoms with E-state index in [0.29, 0.717) is 6.10 Å². The second-order valence-electron chi connectivity index (χ2n) is 5.27. The lowest BCUT2D eigenvalue weighted by Crippen LogP contribution is -2.23. The molecule has 3 rings (SSSR count). The molecule has 1 aliphatic heterocycles. The van der Waals surface area contributed by atoms with E-state index in [-0.39, 0.29) is 0 Å². The van der Waals surface area contributed by atoms with Crippen LogP contribution in [0.25, 0.3) is 10.9 Å². The van der Waals surface area contributed by atoms with Crippen molar-refractivity contribution in [2.24, 2.45) is 0 Å². The van der Waals surface area contributed by atoms with Crippen LogP contribution in [0, 0.1) is 0 Å². The van der Waals surface area contributed by atoms with Gasteiger partial charge in [0.1, 0.15) is 0 Å². The molecule has 1 unspecified atom stereocenters.